The zero-order valence-corrected chi connectivity index (χ0v) is 14.5. The van der Waals surface area contributed by atoms with Crippen LogP contribution in [0, 0.1) is 0 Å². The van der Waals surface area contributed by atoms with E-state index in [0.717, 1.165) is 51.6 Å². The first-order chi connectivity index (χ1) is 11.5. The van der Waals surface area contributed by atoms with E-state index in [2.05, 4.69) is 11.8 Å². The van der Waals surface area contributed by atoms with E-state index in [-0.39, 0.29) is 5.75 Å². The molecule has 1 aromatic carbocycles. The minimum atomic E-state index is -4.38. The number of hydrogen-bond donors (Lipinski definition) is 0. The van der Waals surface area contributed by atoms with Crippen LogP contribution in [0.4, 0.5) is 13.2 Å². The SMILES string of the molecule is CCCCCCCOc1ccc(CN2CCCC2)cc1C(F)(F)F. The van der Waals surface area contributed by atoms with Gasteiger partial charge in [-0.2, -0.15) is 13.2 Å². The van der Waals surface area contributed by atoms with Crippen molar-refractivity contribution in [1.82, 2.24) is 4.90 Å². The first-order valence-corrected chi connectivity index (χ1v) is 9.06. The number of hydrogen-bond acceptors (Lipinski definition) is 2. The van der Waals surface area contributed by atoms with E-state index in [4.69, 9.17) is 4.74 Å². The summed E-state index contributed by atoms with van der Waals surface area (Å²) < 4.78 is 45.4. The zero-order chi connectivity index (χ0) is 17.4. The molecule has 1 saturated heterocycles. The first-order valence-electron chi connectivity index (χ1n) is 9.06. The van der Waals surface area contributed by atoms with Crippen molar-refractivity contribution in [2.45, 2.75) is 64.6 Å². The van der Waals surface area contributed by atoms with Crippen LogP contribution in [-0.2, 0) is 12.7 Å². The molecule has 2 rings (SSSR count). The molecular weight excluding hydrogens is 315 g/mol. The first kappa shape index (κ1) is 19.1. The zero-order valence-electron chi connectivity index (χ0n) is 14.5. The highest BCUT2D eigenvalue weighted by Gasteiger charge is 2.34. The predicted molar refractivity (Wildman–Crippen MR) is 90.2 cm³/mol. The molecule has 0 N–H and O–H groups in total. The number of likely N-dealkylation sites (tertiary alicyclic amines) is 1. The smallest absolute Gasteiger partial charge is 0.419 e. The molecule has 0 radical (unpaired) electrons. The predicted octanol–water partition coefficient (Wildman–Crippen LogP) is 5.65. The van der Waals surface area contributed by atoms with Gasteiger partial charge in [-0.3, -0.25) is 4.90 Å². The van der Waals surface area contributed by atoms with E-state index < -0.39 is 11.7 Å². The molecule has 136 valence electrons. The van der Waals surface area contributed by atoms with Crippen molar-refractivity contribution in [3.63, 3.8) is 0 Å². The maximum Gasteiger partial charge on any atom is 0.419 e. The van der Waals surface area contributed by atoms with Gasteiger partial charge in [0.25, 0.3) is 0 Å². The van der Waals surface area contributed by atoms with Crippen molar-refractivity contribution in [3.05, 3.63) is 29.3 Å². The minimum Gasteiger partial charge on any atom is -0.493 e. The van der Waals surface area contributed by atoms with Gasteiger partial charge >= 0.3 is 6.18 Å². The molecule has 0 amide bonds. The molecule has 1 aromatic rings. The van der Waals surface area contributed by atoms with Crippen molar-refractivity contribution in [2.24, 2.45) is 0 Å². The third-order valence-electron chi connectivity index (χ3n) is 4.46. The maximum atomic E-state index is 13.3. The van der Waals surface area contributed by atoms with Crippen LogP contribution in [0.3, 0.4) is 0 Å². The second kappa shape index (κ2) is 9.30. The highest BCUT2D eigenvalue weighted by molar-refractivity contribution is 5.39. The molecule has 0 saturated carbocycles. The fourth-order valence-corrected chi connectivity index (χ4v) is 3.11. The van der Waals surface area contributed by atoms with Gasteiger partial charge in [0.05, 0.1) is 12.2 Å². The summed E-state index contributed by atoms with van der Waals surface area (Å²) in [5.74, 6) is -0.0387. The summed E-state index contributed by atoms with van der Waals surface area (Å²) in [6.45, 7) is 5.00. The molecule has 5 heteroatoms. The number of rotatable bonds is 9. The number of halogens is 3. The van der Waals surface area contributed by atoms with Crippen molar-refractivity contribution in [3.8, 4) is 5.75 Å². The Balaban J connectivity index is 1.96. The topological polar surface area (TPSA) is 12.5 Å². The Morgan fingerprint density at radius 3 is 2.42 bits per heavy atom. The van der Waals surface area contributed by atoms with Gasteiger partial charge in [-0.05, 0) is 50.0 Å². The van der Waals surface area contributed by atoms with Gasteiger partial charge in [0.1, 0.15) is 5.75 Å². The van der Waals surface area contributed by atoms with E-state index >= 15 is 0 Å². The highest BCUT2D eigenvalue weighted by Crippen LogP contribution is 2.37. The van der Waals surface area contributed by atoms with E-state index in [1.165, 1.54) is 18.6 Å². The van der Waals surface area contributed by atoms with Gasteiger partial charge in [0.2, 0.25) is 0 Å². The van der Waals surface area contributed by atoms with Gasteiger partial charge < -0.3 is 4.74 Å². The van der Waals surface area contributed by atoms with Crippen LogP contribution in [0.1, 0.15) is 63.0 Å². The monoisotopic (exact) mass is 343 g/mol. The Kier molecular flexibility index (Phi) is 7.40. The summed E-state index contributed by atoms with van der Waals surface area (Å²) in [7, 11) is 0. The Bertz CT molecular complexity index is 496. The molecule has 1 aliphatic rings. The van der Waals surface area contributed by atoms with Crippen molar-refractivity contribution >= 4 is 0 Å². The Morgan fingerprint density at radius 2 is 1.75 bits per heavy atom. The van der Waals surface area contributed by atoms with Gasteiger partial charge in [0.15, 0.2) is 0 Å². The molecule has 0 aromatic heterocycles. The summed E-state index contributed by atoms with van der Waals surface area (Å²) in [6, 6.07) is 4.50. The van der Waals surface area contributed by atoms with Crippen LogP contribution in [0.2, 0.25) is 0 Å². The lowest BCUT2D eigenvalue weighted by Gasteiger charge is -2.18. The summed E-state index contributed by atoms with van der Waals surface area (Å²) in [5, 5.41) is 0. The van der Waals surface area contributed by atoms with Crippen LogP contribution in [0.25, 0.3) is 0 Å². The number of nitrogens with zero attached hydrogens (tertiary/aromatic N) is 1. The average Bonchev–Trinajstić information content (AvgIpc) is 3.04. The summed E-state index contributed by atoms with van der Waals surface area (Å²) in [6.07, 6.45) is 3.11. The van der Waals surface area contributed by atoms with Crippen molar-refractivity contribution < 1.29 is 17.9 Å². The molecule has 2 nitrogen and oxygen atoms in total. The van der Waals surface area contributed by atoms with E-state index in [1.807, 2.05) is 0 Å². The molecule has 0 atom stereocenters. The molecule has 1 aliphatic heterocycles. The Hall–Kier alpha value is -1.23. The van der Waals surface area contributed by atoms with E-state index in [1.54, 1.807) is 6.07 Å². The summed E-state index contributed by atoms with van der Waals surface area (Å²) in [5.41, 5.74) is 0.0623. The average molecular weight is 343 g/mol. The molecule has 1 heterocycles. The van der Waals surface area contributed by atoms with Crippen LogP contribution < -0.4 is 4.74 Å². The quantitative estimate of drug-likeness (QED) is 0.537. The largest absolute Gasteiger partial charge is 0.493 e. The van der Waals surface area contributed by atoms with Crippen LogP contribution in [0.5, 0.6) is 5.75 Å². The van der Waals surface area contributed by atoms with Crippen molar-refractivity contribution in [2.75, 3.05) is 19.7 Å². The summed E-state index contributed by atoms with van der Waals surface area (Å²) >= 11 is 0. The lowest BCUT2D eigenvalue weighted by Crippen LogP contribution is -2.19. The third kappa shape index (κ3) is 6.00. The molecule has 1 fully saturated rings. The normalized spacial score (nSPS) is 15.8. The second-order valence-corrected chi connectivity index (χ2v) is 6.57. The van der Waals surface area contributed by atoms with Gasteiger partial charge in [-0.25, -0.2) is 0 Å². The van der Waals surface area contributed by atoms with Crippen molar-refractivity contribution in [1.29, 1.82) is 0 Å². The number of benzene rings is 1. The molecule has 0 unspecified atom stereocenters. The number of ether oxygens (including phenoxy) is 1. The van der Waals surface area contributed by atoms with E-state index in [9.17, 15) is 13.2 Å². The van der Waals surface area contributed by atoms with Crippen LogP contribution in [0.15, 0.2) is 18.2 Å². The molecule has 0 bridgehead atoms. The third-order valence-corrected chi connectivity index (χ3v) is 4.46. The minimum absolute atomic E-state index is 0.0387. The lowest BCUT2D eigenvalue weighted by molar-refractivity contribution is -0.139. The fraction of sp³-hybridized carbons (Fsp3) is 0.684. The molecule has 24 heavy (non-hydrogen) atoms. The Morgan fingerprint density at radius 1 is 1.04 bits per heavy atom. The molecule has 0 spiro atoms. The molecule has 0 aliphatic carbocycles. The summed E-state index contributed by atoms with van der Waals surface area (Å²) in [4.78, 5) is 2.20. The van der Waals surface area contributed by atoms with Crippen LogP contribution in [-0.4, -0.2) is 24.6 Å². The fourth-order valence-electron chi connectivity index (χ4n) is 3.11. The number of alkyl halides is 3. The highest BCUT2D eigenvalue weighted by atomic mass is 19.4. The van der Waals surface area contributed by atoms with Gasteiger partial charge in [-0.1, -0.05) is 38.7 Å². The van der Waals surface area contributed by atoms with Gasteiger partial charge in [0, 0.05) is 6.54 Å². The van der Waals surface area contributed by atoms with E-state index in [0.29, 0.717) is 18.7 Å². The molecular formula is C19H28F3NO. The number of unbranched alkanes of at least 4 members (excludes halogenated alkanes) is 4. The second-order valence-electron chi connectivity index (χ2n) is 6.57. The lowest BCUT2D eigenvalue weighted by atomic mass is 10.1. The maximum absolute atomic E-state index is 13.3. The Labute approximate surface area is 143 Å². The standard InChI is InChI=1S/C19H28F3NO/c1-2-3-4-5-8-13-24-18-10-9-16(14-17(18)19(20,21)22)15-23-11-6-7-12-23/h9-10,14H,2-8,11-13,15H2,1H3. The van der Waals surface area contributed by atoms with Gasteiger partial charge in [-0.15, -0.1) is 0 Å². The van der Waals surface area contributed by atoms with Crippen LogP contribution >= 0.6 is 0 Å².